The highest BCUT2D eigenvalue weighted by molar-refractivity contribution is 5.51. The average molecular weight is 370 g/mol. The zero-order chi connectivity index (χ0) is 19.2. The maximum absolute atomic E-state index is 11.6. The van der Waals surface area contributed by atoms with E-state index in [0.717, 1.165) is 17.5 Å². The highest BCUT2D eigenvalue weighted by atomic mass is 16.3. The third-order valence-electron chi connectivity index (χ3n) is 5.37. The number of rotatable bonds is 6. The van der Waals surface area contributed by atoms with Crippen LogP contribution in [-0.2, 0) is 5.60 Å². The van der Waals surface area contributed by atoms with Crippen LogP contribution in [0.3, 0.4) is 0 Å². The number of hydrogen-bond donors (Lipinski definition) is 3. The van der Waals surface area contributed by atoms with Crippen molar-refractivity contribution in [3.63, 3.8) is 0 Å². The Kier molecular flexibility index (Phi) is 5.68. The molecule has 3 unspecified atom stereocenters. The van der Waals surface area contributed by atoms with Gasteiger partial charge in [0.15, 0.2) is 0 Å². The first-order valence-corrected chi connectivity index (χ1v) is 9.81. The van der Waals surface area contributed by atoms with E-state index in [1.54, 1.807) is 0 Å². The van der Waals surface area contributed by atoms with Crippen LogP contribution in [0, 0.1) is 0 Å². The molecule has 0 aliphatic carbocycles. The summed E-state index contributed by atoms with van der Waals surface area (Å²) in [5, 5.41) is 11.6. The number of hydrazine groups is 1. The minimum atomic E-state index is -1.04. The Morgan fingerprint density at radius 3 is 2.11 bits per heavy atom. The van der Waals surface area contributed by atoms with E-state index in [9.17, 15) is 5.11 Å². The van der Waals surface area contributed by atoms with Crippen molar-refractivity contribution in [3.8, 4) is 0 Å². The zero-order valence-corrected chi connectivity index (χ0v) is 15.8. The molecule has 0 radical (unpaired) electrons. The van der Waals surface area contributed by atoms with Gasteiger partial charge in [0.05, 0.1) is 0 Å². The van der Waals surface area contributed by atoms with Gasteiger partial charge in [-0.2, -0.15) is 0 Å². The van der Waals surface area contributed by atoms with Crippen LogP contribution in [0.25, 0.3) is 6.08 Å². The van der Waals surface area contributed by atoms with E-state index in [2.05, 4.69) is 35.1 Å². The SMILES string of the molecule is OC(/C=C/c1ccccc1)(CC1CC(c2ccccc2)NN1)c1ccccc1. The van der Waals surface area contributed by atoms with E-state index in [0.29, 0.717) is 6.42 Å². The van der Waals surface area contributed by atoms with Crippen molar-refractivity contribution >= 4 is 6.08 Å². The lowest BCUT2D eigenvalue weighted by Crippen LogP contribution is -2.37. The van der Waals surface area contributed by atoms with E-state index in [1.165, 1.54) is 5.56 Å². The quantitative estimate of drug-likeness (QED) is 0.595. The topological polar surface area (TPSA) is 44.3 Å². The Morgan fingerprint density at radius 1 is 0.821 bits per heavy atom. The van der Waals surface area contributed by atoms with Gasteiger partial charge in [0, 0.05) is 18.5 Å². The number of hydrogen-bond acceptors (Lipinski definition) is 3. The molecule has 0 amide bonds. The Morgan fingerprint density at radius 2 is 1.43 bits per heavy atom. The fourth-order valence-corrected chi connectivity index (χ4v) is 3.84. The second kappa shape index (κ2) is 8.53. The Balaban J connectivity index is 1.54. The first kappa shape index (κ1) is 18.6. The second-order valence-corrected chi connectivity index (χ2v) is 7.42. The van der Waals surface area contributed by atoms with Crippen molar-refractivity contribution < 1.29 is 5.11 Å². The molecule has 3 heteroatoms. The first-order chi connectivity index (χ1) is 13.7. The molecule has 0 aromatic heterocycles. The minimum absolute atomic E-state index is 0.163. The molecule has 3 nitrogen and oxygen atoms in total. The molecule has 1 aliphatic rings. The van der Waals surface area contributed by atoms with Crippen molar-refractivity contribution in [2.45, 2.75) is 30.5 Å². The molecule has 0 bridgehead atoms. The summed E-state index contributed by atoms with van der Waals surface area (Å²) in [4.78, 5) is 0. The fourth-order valence-electron chi connectivity index (χ4n) is 3.84. The lowest BCUT2D eigenvalue weighted by Gasteiger charge is -2.28. The number of benzene rings is 3. The van der Waals surface area contributed by atoms with Crippen LogP contribution in [0.4, 0.5) is 0 Å². The Labute approximate surface area is 166 Å². The van der Waals surface area contributed by atoms with Crippen molar-refractivity contribution in [1.82, 2.24) is 10.9 Å². The van der Waals surface area contributed by atoms with Gasteiger partial charge in [0.2, 0.25) is 0 Å². The number of nitrogens with one attached hydrogen (secondary N) is 2. The van der Waals surface area contributed by atoms with E-state index >= 15 is 0 Å². The maximum atomic E-state index is 11.6. The van der Waals surface area contributed by atoms with Crippen LogP contribution in [0.15, 0.2) is 97.1 Å². The molecule has 0 spiro atoms. The standard InChI is InChI=1S/C25H26N2O/c28-25(22-14-8-3-9-15-22,17-16-20-10-4-1-5-11-20)19-23-18-24(27-26-23)21-12-6-2-7-13-21/h1-17,23-24,26-28H,18-19H2/b17-16+. The predicted octanol–water partition coefficient (Wildman–Crippen LogP) is 4.59. The van der Waals surface area contributed by atoms with Crippen LogP contribution in [0.5, 0.6) is 0 Å². The lowest BCUT2D eigenvalue weighted by molar-refractivity contribution is 0.0694. The van der Waals surface area contributed by atoms with Gasteiger partial charge < -0.3 is 5.11 Å². The summed E-state index contributed by atoms with van der Waals surface area (Å²) in [6.45, 7) is 0. The van der Waals surface area contributed by atoms with Crippen LogP contribution >= 0.6 is 0 Å². The molecule has 4 rings (SSSR count). The first-order valence-electron chi connectivity index (χ1n) is 9.81. The third kappa shape index (κ3) is 4.39. The van der Waals surface area contributed by atoms with Crippen LogP contribution in [0.1, 0.15) is 35.6 Å². The normalized spacial score (nSPS) is 21.6. The fraction of sp³-hybridized carbons (Fsp3) is 0.200. The molecular formula is C25H26N2O. The molecule has 1 aliphatic heterocycles. The number of aliphatic hydroxyl groups is 1. The van der Waals surface area contributed by atoms with Crippen LogP contribution < -0.4 is 10.9 Å². The average Bonchev–Trinajstić information content (AvgIpc) is 3.23. The van der Waals surface area contributed by atoms with Gasteiger partial charge in [-0.1, -0.05) is 97.1 Å². The summed E-state index contributed by atoms with van der Waals surface area (Å²) in [5.74, 6) is 0. The van der Waals surface area contributed by atoms with E-state index in [1.807, 2.05) is 78.9 Å². The van der Waals surface area contributed by atoms with Crippen LogP contribution in [0.2, 0.25) is 0 Å². The molecule has 3 atom stereocenters. The highest BCUT2D eigenvalue weighted by Gasteiger charge is 2.34. The lowest BCUT2D eigenvalue weighted by atomic mass is 9.85. The largest absolute Gasteiger partial charge is 0.381 e. The predicted molar refractivity (Wildman–Crippen MR) is 114 cm³/mol. The summed E-state index contributed by atoms with van der Waals surface area (Å²) in [6.07, 6.45) is 5.45. The molecule has 1 heterocycles. The summed E-state index contributed by atoms with van der Waals surface area (Å²) in [5.41, 5.74) is 8.98. The monoisotopic (exact) mass is 370 g/mol. The summed E-state index contributed by atoms with van der Waals surface area (Å²) in [6, 6.07) is 30.9. The van der Waals surface area contributed by atoms with Gasteiger partial charge in [-0.3, -0.25) is 10.9 Å². The van der Waals surface area contributed by atoms with Crippen molar-refractivity contribution in [2.24, 2.45) is 0 Å². The van der Waals surface area contributed by atoms with Gasteiger partial charge in [-0.15, -0.1) is 0 Å². The summed E-state index contributed by atoms with van der Waals surface area (Å²) in [7, 11) is 0. The molecule has 1 fully saturated rings. The van der Waals surface area contributed by atoms with Gasteiger partial charge in [0.1, 0.15) is 5.60 Å². The third-order valence-corrected chi connectivity index (χ3v) is 5.37. The van der Waals surface area contributed by atoms with Crippen molar-refractivity contribution in [2.75, 3.05) is 0 Å². The van der Waals surface area contributed by atoms with E-state index < -0.39 is 5.60 Å². The van der Waals surface area contributed by atoms with Crippen LogP contribution in [-0.4, -0.2) is 11.1 Å². The van der Waals surface area contributed by atoms with E-state index in [-0.39, 0.29) is 12.1 Å². The molecule has 142 valence electrons. The molecule has 28 heavy (non-hydrogen) atoms. The molecular weight excluding hydrogens is 344 g/mol. The Hall–Kier alpha value is -2.72. The molecule has 3 N–H and O–H groups in total. The molecule has 1 saturated heterocycles. The van der Waals surface area contributed by atoms with Gasteiger partial charge in [0.25, 0.3) is 0 Å². The highest BCUT2D eigenvalue weighted by Crippen LogP contribution is 2.33. The zero-order valence-electron chi connectivity index (χ0n) is 15.8. The van der Waals surface area contributed by atoms with Gasteiger partial charge in [-0.25, -0.2) is 0 Å². The van der Waals surface area contributed by atoms with Gasteiger partial charge in [-0.05, 0) is 29.2 Å². The van der Waals surface area contributed by atoms with Crippen molar-refractivity contribution in [1.29, 1.82) is 0 Å². The minimum Gasteiger partial charge on any atom is -0.381 e. The molecule has 3 aromatic carbocycles. The summed E-state index contributed by atoms with van der Waals surface area (Å²) >= 11 is 0. The smallest absolute Gasteiger partial charge is 0.110 e. The van der Waals surface area contributed by atoms with Gasteiger partial charge >= 0.3 is 0 Å². The second-order valence-electron chi connectivity index (χ2n) is 7.42. The maximum Gasteiger partial charge on any atom is 0.110 e. The molecule has 0 saturated carbocycles. The molecule has 3 aromatic rings. The van der Waals surface area contributed by atoms with Crippen molar-refractivity contribution in [3.05, 3.63) is 114 Å². The summed E-state index contributed by atoms with van der Waals surface area (Å²) < 4.78 is 0. The Bertz CT molecular complexity index is 896. The van der Waals surface area contributed by atoms with E-state index in [4.69, 9.17) is 0 Å².